The van der Waals surface area contributed by atoms with Crippen molar-refractivity contribution in [3.05, 3.63) is 167 Å². The average Bonchev–Trinajstić information content (AvgIpc) is 3.93. The summed E-state index contributed by atoms with van der Waals surface area (Å²) in [6.07, 6.45) is 15.8. The van der Waals surface area contributed by atoms with Crippen LogP contribution >= 0.6 is 0 Å². The van der Waals surface area contributed by atoms with Crippen molar-refractivity contribution >= 4 is 11.0 Å². The Kier molecular flexibility index (Phi) is 12.0. The molecule has 6 atom stereocenters. The highest BCUT2D eigenvalue weighted by Crippen LogP contribution is 2.68. The van der Waals surface area contributed by atoms with Crippen LogP contribution in [0.2, 0.25) is 0 Å². The van der Waals surface area contributed by atoms with Crippen molar-refractivity contribution in [1.29, 1.82) is 0 Å². The molecule has 8 aromatic rings. The largest absolute Gasteiger partial charge is 0.507 e. The molecule has 0 radical (unpaired) electrons. The third-order valence-corrected chi connectivity index (χ3v) is 19.9. The predicted molar refractivity (Wildman–Crippen MR) is 316 cm³/mol. The van der Waals surface area contributed by atoms with Gasteiger partial charge in [0.2, 0.25) is 0 Å². The van der Waals surface area contributed by atoms with Crippen LogP contribution in [-0.2, 0) is 29.1 Å². The number of hydrogen-bond acceptors (Lipinski definition) is 3. The number of pyridine rings is 1. The number of nitrogens with zero attached hydrogens (tertiary/aromatic N) is 3. The van der Waals surface area contributed by atoms with Gasteiger partial charge >= 0.3 is 0 Å². The molecule has 6 unspecified atom stereocenters. The average molecular weight is 1000 g/mol. The van der Waals surface area contributed by atoms with Gasteiger partial charge in [0, 0.05) is 28.5 Å². The molecule has 0 amide bonds. The maximum Gasteiger partial charge on any atom is 0.149 e. The molecule has 4 nitrogen and oxygen atoms in total. The molecule has 14 rings (SSSR count). The van der Waals surface area contributed by atoms with E-state index in [9.17, 15) is 5.11 Å². The standard InChI is InChI=1S/C72H79N3O/c1-70(2,3)47-33-34-62(55(39-47)44-23-14-11-15-24-44)75-63-30-20-29-50(67(63)74-69(75)60-40-48(71(4,5)6)41-61(68(60)76)72(7,8)9)45-31-32-46-38-57-58(65-53-27-18-16-25-51(53)64(57)52-26-17-19-28-54(52)65)42-59-49(43-21-12-10-13-22-43)35-36-73-66(59)56(46)37-45/h10-15,20-24,29-37,39-41,51-54,57-58,64-65,76H,16-19,25-28,38,42H2,1-9H3. The second-order valence-corrected chi connectivity index (χ2v) is 27.3. The van der Waals surface area contributed by atoms with E-state index in [2.05, 4.69) is 207 Å². The van der Waals surface area contributed by atoms with Crippen molar-refractivity contribution in [3.63, 3.8) is 0 Å². The number of aromatic nitrogens is 3. The fourth-order valence-electron chi connectivity index (χ4n) is 16.4. The van der Waals surface area contributed by atoms with Gasteiger partial charge in [0.1, 0.15) is 11.6 Å². The first-order valence-corrected chi connectivity index (χ1v) is 29.3. The van der Waals surface area contributed by atoms with E-state index in [4.69, 9.17) is 9.97 Å². The van der Waals surface area contributed by atoms with Crippen LogP contribution in [0.1, 0.15) is 141 Å². The van der Waals surface area contributed by atoms with Crippen LogP contribution in [0, 0.1) is 47.3 Å². The van der Waals surface area contributed by atoms with Crippen molar-refractivity contribution in [2.24, 2.45) is 47.3 Å². The molecule has 388 valence electrons. The Morgan fingerprint density at radius 2 is 1.07 bits per heavy atom. The van der Waals surface area contributed by atoms with E-state index < -0.39 is 0 Å². The van der Waals surface area contributed by atoms with Gasteiger partial charge in [-0.1, -0.05) is 185 Å². The highest BCUT2D eigenvalue weighted by atomic mass is 16.3. The Balaban J connectivity index is 1.05. The zero-order valence-electron chi connectivity index (χ0n) is 46.8. The van der Waals surface area contributed by atoms with Crippen LogP contribution < -0.4 is 0 Å². The molecule has 0 spiro atoms. The van der Waals surface area contributed by atoms with Gasteiger partial charge in [-0.25, -0.2) is 4.98 Å². The van der Waals surface area contributed by atoms with Gasteiger partial charge in [-0.15, -0.1) is 0 Å². The first-order chi connectivity index (χ1) is 36.5. The lowest BCUT2D eigenvalue weighted by molar-refractivity contribution is -0.176. The molecule has 5 saturated carbocycles. The molecular weight excluding hydrogens is 923 g/mol. The fraction of sp³-hybridized carbons (Fsp3) is 0.417. The topological polar surface area (TPSA) is 50.9 Å². The van der Waals surface area contributed by atoms with Gasteiger partial charge in [0.25, 0.3) is 0 Å². The summed E-state index contributed by atoms with van der Waals surface area (Å²) in [5.74, 6) is 7.60. The molecule has 2 heterocycles. The minimum Gasteiger partial charge on any atom is -0.507 e. The van der Waals surface area contributed by atoms with Gasteiger partial charge in [-0.2, -0.15) is 0 Å². The summed E-state index contributed by atoms with van der Waals surface area (Å²) >= 11 is 0. The Bertz CT molecular complexity index is 3480. The third kappa shape index (κ3) is 8.21. The number of phenols is 1. The first-order valence-electron chi connectivity index (χ1n) is 29.3. The Labute approximate surface area is 453 Å². The second kappa shape index (κ2) is 18.5. The minimum absolute atomic E-state index is 0.0657. The molecule has 2 aromatic heterocycles. The van der Waals surface area contributed by atoms with E-state index in [0.717, 1.165) is 104 Å². The normalized spacial score (nSPS) is 24.2. The van der Waals surface area contributed by atoms with Gasteiger partial charge in [0.15, 0.2) is 0 Å². The minimum atomic E-state index is -0.315. The fourth-order valence-corrected chi connectivity index (χ4v) is 16.4. The second-order valence-electron chi connectivity index (χ2n) is 27.3. The quantitative estimate of drug-likeness (QED) is 0.187. The molecular formula is C72H79N3O. The van der Waals surface area contributed by atoms with Crippen LogP contribution in [0.4, 0.5) is 0 Å². The molecule has 76 heavy (non-hydrogen) atoms. The zero-order valence-corrected chi connectivity index (χ0v) is 46.8. The highest BCUT2D eigenvalue weighted by Gasteiger charge is 2.61. The predicted octanol–water partition coefficient (Wildman–Crippen LogP) is 18.6. The lowest BCUT2D eigenvalue weighted by Crippen LogP contribution is -2.61. The molecule has 6 aromatic carbocycles. The van der Waals surface area contributed by atoms with E-state index in [1.165, 1.54) is 96.0 Å². The van der Waals surface area contributed by atoms with Crippen molar-refractivity contribution in [2.45, 2.75) is 143 Å². The Morgan fingerprint density at radius 1 is 0.474 bits per heavy atom. The maximum atomic E-state index is 12.8. The highest BCUT2D eigenvalue weighted by molar-refractivity contribution is 5.98. The summed E-state index contributed by atoms with van der Waals surface area (Å²) in [6.45, 7) is 20.3. The number of hydrogen-bond donors (Lipinski definition) is 1. The Morgan fingerprint density at radius 3 is 1.67 bits per heavy atom. The van der Waals surface area contributed by atoms with E-state index in [0.29, 0.717) is 11.8 Å². The summed E-state index contributed by atoms with van der Waals surface area (Å²) < 4.78 is 2.35. The monoisotopic (exact) mass is 1000 g/mol. The number of benzene rings is 6. The van der Waals surface area contributed by atoms with E-state index in [-0.39, 0.29) is 22.0 Å². The first kappa shape index (κ1) is 49.3. The molecule has 6 aliphatic rings. The number of phenolic OH excluding ortho intramolecular Hbond substituents is 1. The number of imidazole rings is 1. The SMILES string of the molecule is CC(C)(C)c1ccc(-n2c(-c3cc(C(C)(C)C)cc(C(C)(C)C)c3O)nc3c(-c4ccc5c(c4)-c4nccc(-c6ccccc6)c4CC4C(C5)C5C6CCCCC6C4C4CCCCC45)cccc32)c(-c2ccccc2)c1. The number of para-hydroxylation sites is 1. The molecule has 2 bridgehead atoms. The molecule has 5 fully saturated rings. The van der Waals surface area contributed by atoms with Gasteiger partial charge in [0.05, 0.1) is 28.0 Å². The Hall–Kier alpha value is -6.26. The number of aromatic hydroxyl groups is 1. The van der Waals surface area contributed by atoms with Gasteiger partial charge < -0.3 is 5.11 Å². The van der Waals surface area contributed by atoms with Gasteiger partial charge in [-0.05, 0) is 183 Å². The van der Waals surface area contributed by atoms with Crippen molar-refractivity contribution < 1.29 is 5.11 Å². The summed E-state index contributed by atoms with van der Waals surface area (Å²) in [7, 11) is 0. The number of rotatable bonds is 5. The molecule has 0 saturated heterocycles. The van der Waals surface area contributed by atoms with Gasteiger partial charge in [-0.3, -0.25) is 9.55 Å². The van der Waals surface area contributed by atoms with Crippen molar-refractivity contribution in [1.82, 2.24) is 14.5 Å². The summed E-state index contributed by atoms with van der Waals surface area (Å²) in [6, 6.07) is 49.9. The van der Waals surface area contributed by atoms with Crippen molar-refractivity contribution in [2.75, 3.05) is 0 Å². The van der Waals surface area contributed by atoms with Crippen LogP contribution in [0.3, 0.4) is 0 Å². The van der Waals surface area contributed by atoms with E-state index in [1.807, 2.05) is 0 Å². The van der Waals surface area contributed by atoms with E-state index in [1.54, 1.807) is 0 Å². The van der Waals surface area contributed by atoms with E-state index >= 15 is 0 Å². The number of fused-ring (bicyclic) bond motifs is 4. The lowest BCUT2D eigenvalue weighted by Gasteiger charge is -2.66. The summed E-state index contributed by atoms with van der Waals surface area (Å²) in [5.41, 5.74) is 19.1. The van der Waals surface area contributed by atoms with Crippen LogP contribution in [0.25, 0.3) is 72.7 Å². The smallest absolute Gasteiger partial charge is 0.149 e. The maximum absolute atomic E-state index is 12.8. The summed E-state index contributed by atoms with van der Waals surface area (Å²) in [4.78, 5) is 11.3. The molecule has 0 aliphatic heterocycles. The van der Waals surface area contributed by atoms with Crippen LogP contribution in [-0.4, -0.2) is 19.6 Å². The molecule has 6 aliphatic carbocycles. The van der Waals surface area contributed by atoms with Crippen molar-refractivity contribution in [3.8, 4) is 67.5 Å². The molecule has 4 heteroatoms. The van der Waals surface area contributed by atoms with Crippen LogP contribution in [0.15, 0.2) is 140 Å². The summed E-state index contributed by atoms with van der Waals surface area (Å²) in [5, 5.41) is 12.8. The third-order valence-electron chi connectivity index (χ3n) is 19.9. The lowest BCUT2D eigenvalue weighted by atomic mass is 9.38. The molecule has 1 N–H and O–H groups in total. The zero-order chi connectivity index (χ0) is 52.4. The van der Waals surface area contributed by atoms with Crippen LogP contribution in [0.5, 0.6) is 5.75 Å².